The predicted molar refractivity (Wildman–Crippen MR) is 120 cm³/mol. The number of carbonyl (C=O) groups excluding carboxylic acids is 2. The van der Waals surface area contributed by atoms with Crippen LogP contribution in [0.1, 0.15) is 22.2 Å². The summed E-state index contributed by atoms with van der Waals surface area (Å²) in [4.78, 5) is 27.5. The van der Waals surface area contributed by atoms with Crippen molar-refractivity contribution in [2.75, 3.05) is 44.6 Å². The Labute approximate surface area is 190 Å². The first kappa shape index (κ1) is 23.7. The maximum absolute atomic E-state index is 12.8. The number of aryl methyl sites for hydroxylation is 1. The molecule has 1 fully saturated rings. The molecule has 2 aromatic rings. The number of hydrogen-bond acceptors (Lipinski definition) is 7. The number of amides is 1. The number of rotatable bonds is 7. The number of sulfonamides is 1. The third-order valence-corrected chi connectivity index (χ3v) is 7.88. The number of anilines is 1. The maximum Gasteiger partial charge on any atom is 0.341 e. The van der Waals surface area contributed by atoms with Crippen molar-refractivity contribution < 1.29 is 22.7 Å². The van der Waals surface area contributed by atoms with E-state index in [1.807, 2.05) is 11.8 Å². The van der Waals surface area contributed by atoms with Crippen LogP contribution in [0.5, 0.6) is 0 Å². The molecule has 0 atom stereocenters. The van der Waals surface area contributed by atoms with Crippen LogP contribution in [0.2, 0.25) is 5.02 Å². The topological polar surface area (TPSA) is 96.0 Å². The number of ether oxygens (including phenoxy) is 1. The molecule has 0 unspecified atom stereocenters. The van der Waals surface area contributed by atoms with Crippen molar-refractivity contribution in [1.29, 1.82) is 0 Å². The lowest BCUT2D eigenvalue weighted by Crippen LogP contribution is -2.50. The lowest BCUT2D eigenvalue weighted by molar-refractivity contribution is -0.117. The monoisotopic (exact) mass is 485 g/mol. The lowest BCUT2D eigenvalue weighted by Gasteiger charge is -2.33. The molecule has 1 aliphatic heterocycles. The molecule has 0 aliphatic carbocycles. The van der Waals surface area contributed by atoms with Crippen molar-refractivity contribution in [2.45, 2.75) is 18.7 Å². The highest BCUT2D eigenvalue weighted by Gasteiger charge is 2.29. The molecule has 3 rings (SSSR count). The Balaban J connectivity index is 1.56. The number of nitrogens with one attached hydrogen (secondary N) is 1. The summed E-state index contributed by atoms with van der Waals surface area (Å²) in [5, 5.41) is 3.72. The van der Waals surface area contributed by atoms with Gasteiger partial charge in [0.15, 0.2) is 0 Å². The average Bonchev–Trinajstić information content (AvgIpc) is 3.09. The lowest BCUT2D eigenvalue weighted by atomic mass is 10.3. The van der Waals surface area contributed by atoms with Crippen LogP contribution in [0.3, 0.4) is 0 Å². The van der Waals surface area contributed by atoms with E-state index in [2.05, 4.69) is 5.32 Å². The molecule has 1 saturated heterocycles. The van der Waals surface area contributed by atoms with Gasteiger partial charge in [-0.2, -0.15) is 4.31 Å². The second-order valence-electron chi connectivity index (χ2n) is 7.00. The van der Waals surface area contributed by atoms with Gasteiger partial charge in [0.1, 0.15) is 5.00 Å². The third kappa shape index (κ3) is 5.83. The van der Waals surface area contributed by atoms with E-state index in [1.165, 1.54) is 27.8 Å². The van der Waals surface area contributed by atoms with Crippen molar-refractivity contribution in [3.05, 3.63) is 45.8 Å². The van der Waals surface area contributed by atoms with E-state index in [0.717, 1.165) is 4.88 Å². The van der Waals surface area contributed by atoms with Crippen molar-refractivity contribution in [3.8, 4) is 0 Å². The molecule has 1 N–H and O–H groups in total. The Bertz CT molecular complexity index is 1050. The number of thiophene rings is 1. The number of esters is 1. The van der Waals surface area contributed by atoms with Crippen LogP contribution in [0.4, 0.5) is 5.00 Å². The first-order valence-corrected chi connectivity index (χ1v) is 12.4. The molecule has 1 aliphatic rings. The van der Waals surface area contributed by atoms with E-state index in [-0.39, 0.29) is 37.0 Å². The predicted octanol–water partition coefficient (Wildman–Crippen LogP) is 2.83. The fraction of sp³-hybridized carbons (Fsp3) is 0.400. The summed E-state index contributed by atoms with van der Waals surface area (Å²) in [6.07, 6.45) is 0. The molecular formula is C20H24ClN3O5S2. The number of carbonyl (C=O) groups is 2. The largest absolute Gasteiger partial charge is 0.462 e. The van der Waals surface area contributed by atoms with Crippen LogP contribution in [0.15, 0.2) is 35.2 Å². The van der Waals surface area contributed by atoms with Crippen LogP contribution in [0.25, 0.3) is 0 Å². The standard InChI is InChI=1S/C20H24ClN3O5S2/c1-3-29-20(26)17-12-14(2)30-19(17)22-18(25)13-23-8-10-24(11-9-23)31(27,28)16-6-4-15(21)5-7-16/h4-7,12H,3,8-11,13H2,1-2H3,(H,22,25). The molecule has 31 heavy (non-hydrogen) atoms. The van der Waals surface area contributed by atoms with Crippen LogP contribution >= 0.6 is 22.9 Å². The van der Waals surface area contributed by atoms with Crippen LogP contribution < -0.4 is 5.32 Å². The molecule has 1 aromatic carbocycles. The van der Waals surface area contributed by atoms with Crippen LogP contribution in [-0.2, 0) is 19.6 Å². The van der Waals surface area contributed by atoms with Gasteiger partial charge in [-0.15, -0.1) is 11.3 Å². The molecule has 0 spiro atoms. The summed E-state index contributed by atoms with van der Waals surface area (Å²) in [6, 6.07) is 7.76. The highest BCUT2D eigenvalue weighted by Crippen LogP contribution is 2.28. The van der Waals surface area contributed by atoms with Gasteiger partial charge in [-0.25, -0.2) is 13.2 Å². The van der Waals surface area contributed by atoms with Gasteiger partial charge in [-0.1, -0.05) is 11.6 Å². The van der Waals surface area contributed by atoms with E-state index in [4.69, 9.17) is 16.3 Å². The van der Waals surface area contributed by atoms with Gasteiger partial charge in [0, 0.05) is 36.1 Å². The van der Waals surface area contributed by atoms with Gasteiger partial charge in [-0.3, -0.25) is 9.69 Å². The molecule has 1 aromatic heterocycles. The normalized spacial score (nSPS) is 15.6. The number of hydrogen-bond donors (Lipinski definition) is 1. The molecule has 0 saturated carbocycles. The zero-order valence-electron chi connectivity index (χ0n) is 17.3. The minimum Gasteiger partial charge on any atom is -0.462 e. The quantitative estimate of drug-likeness (QED) is 0.606. The Morgan fingerprint density at radius 2 is 1.81 bits per heavy atom. The molecule has 2 heterocycles. The summed E-state index contributed by atoms with van der Waals surface area (Å²) >= 11 is 7.15. The Kier molecular flexibility index (Phi) is 7.71. The number of nitrogens with zero attached hydrogens (tertiary/aromatic N) is 2. The van der Waals surface area contributed by atoms with E-state index in [1.54, 1.807) is 25.1 Å². The van der Waals surface area contributed by atoms with Gasteiger partial charge >= 0.3 is 5.97 Å². The second kappa shape index (κ2) is 10.1. The smallest absolute Gasteiger partial charge is 0.341 e. The number of benzene rings is 1. The molecule has 1 amide bonds. The van der Waals surface area contributed by atoms with Gasteiger partial charge in [0.25, 0.3) is 0 Å². The van der Waals surface area contributed by atoms with Crippen LogP contribution in [0, 0.1) is 6.92 Å². The molecule has 0 bridgehead atoms. The molecule has 168 valence electrons. The van der Waals surface area contributed by atoms with E-state index in [9.17, 15) is 18.0 Å². The first-order valence-electron chi connectivity index (χ1n) is 9.76. The summed E-state index contributed by atoms with van der Waals surface area (Å²) in [6.45, 7) is 5.35. The molecule has 0 radical (unpaired) electrons. The van der Waals surface area contributed by atoms with E-state index in [0.29, 0.717) is 28.7 Å². The van der Waals surface area contributed by atoms with Crippen LogP contribution in [-0.4, -0.2) is 68.8 Å². The molecule has 8 nitrogen and oxygen atoms in total. The summed E-state index contributed by atoms with van der Waals surface area (Å²) in [5.74, 6) is -0.732. The highest BCUT2D eigenvalue weighted by atomic mass is 35.5. The highest BCUT2D eigenvalue weighted by molar-refractivity contribution is 7.89. The van der Waals surface area contributed by atoms with Gasteiger partial charge in [0.2, 0.25) is 15.9 Å². The minimum absolute atomic E-state index is 0.105. The van der Waals surface area contributed by atoms with E-state index >= 15 is 0 Å². The summed E-state index contributed by atoms with van der Waals surface area (Å²) in [7, 11) is -3.60. The minimum atomic E-state index is -3.60. The second-order valence-corrected chi connectivity index (χ2v) is 10.6. The fourth-order valence-corrected chi connectivity index (χ4v) is 5.68. The molecule has 11 heteroatoms. The fourth-order valence-electron chi connectivity index (χ4n) is 3.22. The average molecular weight is 486 g/mol. The Morgan fingerprint density at radius 3 is 2.42 bits per heavy atom. The zero-order valence-corrected chi connectivity index (χ0v) is 19.6. The molecular weight excluding hydrogens is 462 g/mol. The van der Waals surface area contributed by atoms with Crippen molar-refractivity contribution in [1.82, 2.24) is 9.21 Å². The van der Waals surface area contributed by atoms with Crippen molar-refractivity contribution in [2.24, 2.45) is 0 Å². The van der Waals surface area contributed by atoms with E-state index < -0.39 is 16.0 Å². The van der Waals surface area contributed by atoms with Crippen molar-refractivity contribution in [3.63, 3.8) is 0 Å². The summed E-state index contributed by atoms with van der Waals surface area (Å²) < 4.78 is 32.0. The SMILES string of the molecule is CCOC(=O)c1cc(C)sc1NC(=O)CN1CCN(S(=O)(=O)c2ccc(Cl)cc2)CC1. The number of halogens is 1. The third-order valence-electron chi connectivity index (χ3n) is 4.75. The Morgan fingerprint density at radius 1 is 1.16 bits per heavy atom. The Hall–Kier alpha value is -1.98. The zero-order chi connectivity index (χ0) is 22.6. The van der Waals surface area contributed by atoms with Gasteiger partial charge in [0.05, 0.1) is 23.6 Å². The number of piperazine rings is 1. The summed E-state index contributed by atoms with van der Waals surface area (Å²) in [5.41, 5.74) is 0.344. The van der Waals surface area contributed by atoms with Crippen molar-refractivity contribution >= 4 is 49.8 Å². The van der Waals surface area contributed by atoms with Gasteiger partial charge in [-0.05, 0) is 44.2 Å². The first-order chi connectivity index (χ1) is 14.7. The maximum atomic E-state index is 12.8. The van der Waals surface area contributed by atoms with Gasteiger partial charge < -0.3 is 10.1 Å².